The van der Waals surface area contributed by atoms with E-state index in [4.69, 9.17) is 11.6 Å². The lowest BCUT2D eigenvalue weighted by atomic mass is 9.96. The molecule has 0 aromatic carbocycles. The first kappa shape index (κ1) is 16.2. The van der Waals surface area contributed by atoms with Crippen LogP contribution in [0.3, 0.4) is 0 Å². The maximum absolute atomic E-state index is 12.5. The molecule has 1 aliphatic heterocycles. The Morgan fingerprint density at radius 2 is 2.17 bits per heavy atom. The van der Waals surface area contributed by atoms with E-state index in [1.54, 1.807) is 17.2 Å². The minimum atomic E-state index is -0.0872. The van der Waals surface area contributed by atoms with Gasteiger partial charge in [0, 0.05) is 25.8 Å². The number of nitrogens with one attached hydrogen (secondary N) is 1. The van der Waals surface area contributed by atoms with Gasteiger partial charge >= 0.3 is 0 Å². The van der Waals surface area contributed by atoms with E-state index in [1.807, 2.05) is 6.07 Å². The Balaban J connectivity index is 1.53. The van der Waals surface area contributed by atoms with Crippen molar-refractivity contribution >= 4 is 23.4 Å². The van der Waals surface area contributed by atoms with Crippen LogP contribution in [0.25, 0.3) is 0 Å². The highest BCUT2D eigenvalue weighted by Crippen LogP contribution is 2.28. The Morgan fingerprint density at radius 3 is 2.91 bits per heavy atom. The highest BCUT2D eigenvalue weighted by Gasteiger charge is 2.30. The van der Waals surface area contributed by atoms with Crippen LogP contribution in [0.2, 0.25) is 5.15 Å². The molecule has 1 saturated carbocycles. The lowest BCUT2D eigenvalue weighted by molar-refractivity contribution is -0.135. The van der Waals surface area contributed by atoms with Gasteiger partial charge in [0.1, 0.15) is 5.15 Å². The number of carbonyl (C=O) groups excluding carboxylic acids is 2. The van der Waals surface area contributed by atoms with E-state index >= 15 is 0 Å². The maximum atomic E-state index is 12.5. The molecule has 2 amide bonds. The molecule has 2 fully saturated rings. The van der Waals surface area contributed by atoms with Crippen molar-refractivity contribution in [3.05, 3.63) is 29.0 Å². The number of likely N-dealkylation sites (tertiary alicyclic amines) is 1. The molecule has 23 heavy (non-hydrogen) atoms. The fraction of sp³-hybridized carbons (Fsp3) is 0.588. The van der Waals surface area contributed by atoms with Gasteiger partial charge in [-0.2, -0.15) is 0 Å². The molecule has 1 aromatic heterocycles. The van der Waals surface area contributed by atoms with Crippen LogP contribution in [-0.4, -0.2) is 41.3 Å². The summed E-state index contributed by atoms with van der Waals surface area (Å²) in [5.74, 6) is 0.692. The molecule has 3 rings (SSSR count). The maximum Gasteiger partial charge on any atom is 0.227 e. The van der Waals surface area contributed by atoms with Crippen LogP contribution in [-0.2, 0) is 16.0 Å². The van der Waals surface area contributed by atoms with Gasteiger partial charge in [-0.3, -0.25) is 9.59 Å². The van der Waals surface area contributed by atoms with E-state index in [0.29, 0.717) is 24.2 Å². The molecule has 1 aliphatic carbocycles. The summed E-state index contributed by atoms with van der Waals surface area (Å²) >= 11 is 6.02. The Morgan fingerprint density at radius 1 is 1.35 bits per heavy atom. The number of pyridine rings is 1. The predicted octanol–water partition coefficient (Wildman–Crippen LogP) is 2.04. The molecular formula is C17H22ClN3O2. The van der Waals surface area contributed by atoms with Gasteiger partial charge in [-0.25, -0.2) is 4.98 Å². The molecule has 0 bridgehead atoms. The number of piperidine rings is 1. The van der Waals surface area contributed by atoms with Crippen molar-refractivity contribution in [2.45, 2.75) is 32.1 Å². The molecule has 124 valence electrons. The standard InChI is InChI=1S/C17H22ClN3O2/c18-16-13(3-1-7-19-16)9-15(22)21-8-2-4-14(11-21)17(23)20-10-12-5-6-12/h1,3,7,12,14H,2,4-6,8-11H2,(H,20,23). The number of carbonyl (C=O) groups is 2. The largest absolute Gasteiger partial charge is 0.356 e. The highest BCUT2D eigenvalue weighted by molar-refractivity contribution is 6.30. The number of hydrogen-bond donors (Lipinski definition) is 1. The summed E-state index contributed by atoms with van der Waals surface area (Å²) in [5.41, 5.74) is 0.736. The SMILES string of the molecule is O=C(NCC1CC1)C1CCCN(C(=O)Cc2cccnc2Cl)C1. The summed E-state index contributed by atoms with van der Waals surface area (Å²) in [7, 11) is 0. The molecule has 0 spiro atoms. The van der Waals surface area contributed by atoms with E-state index in [1.165, 1.54) is 12.8 Å². The third kappa shape index (κ3) is 4.44. The monoisotopic (exact) mass is 335 g/mol. The summed E-state index contributed by atoms with van der Waals surface area (Å²) < 4.78 is 0. The van der Waals surface area contributed by atoms with Crippen molar-refractivity contribution in [1.82, 2.24) is 15.2 Å². The molecule has 1 unspecified atom stereocenters. The number of halogens is 1. The fourth-order valence-corrected chi connectivity index (χ4v) is 3.14. The Kier molecular flexibility index (Phi) is 5.16. The van der Waals surface area contributed by atoms with E-state index in [0.717, 1.165) is 24.9 Å². The molecule has 2 aliphatic rings. The second kappa shape index (κ2) is 7.30. The summed E-state index contributed by atoms with van der Waals surface area (Å²) in [6.07, 6.45) is 6.02. The van der Waals surface area contributed by atoms with Crippen molar-refractivity contribution in [3.8, 4) is 0 Å². The topological polar surface area (TPSA) is 62.3 Å². The van der Waals surface area contributed by atoms with Crippen LogP contribution < -0.4 is 5.32 Å². The van der Waals surface area contributed by atoms with Gasteiger partial charge in [0.2, 0.25) is 11.8 Å². The number of hydrogen-bond acceptors (Lipinski definition) is 3. The van der Waals surface area contributed by atoms with Crippen LogP contribution >= 0.6 is 11.6 Å². The fourth-order valence-electron chi connectivity index (χ4n) is 2.95. The highest BCUT2D eigenvalue weighted by atomic mass is 35.5. The van der Waals surface area contributed by atoms with Crippen molar-refractivity contribution in [1.29, 1.82) is 0 Å². The average molecular weight is 336 g/mol. The molecule has 2 heterocycles. The Bertz CT molecular complexity index is 589. The molecule has 1 N–H and O–H groups in total. The Labute approximate surface area is 141 Å². The van der Waals surface area contributed by atoms with Crippen molar-refractivity contribution < 1.29 is 9.59 Å². The zero-order valence-corrected chi connectivity index (χ0v) is 13.9. The number of amides is 2. The van der Waals surface area contributed by atoms with Gasteiger partial charge in [0.15, 0.2) is 0 Å². The zero-order valence-electron chi connectivity index (χ0n) is 13.1. The molecule has 1 saturated heterocycles. The van der Waals surface area contributed by atoms with E-state index in [-0.39, 0.29) is 24.2 Å². The van der Waals surface area contributed by atoms with Crippen LogP contribution in [0.15, 0.2) is 18.3 Å². The predicted molar refractivity (Wildman–Crippen MR) is 88.0 cm³/mol. The quantitative estimate of drug-likeness (QED) is 0.838. The third-order valence-corrected chi connectivity index (χ3v) is 4.93. The van der Waals surface area contributed by atoms with Gasteiger partial charge in [-0.1, -0.05) is 17.7 Å². The molecule has 0 radical (unpaired) electrons. The normalized spacial score (nSPS) is 21.1. The first-order valence-corrected chi connectivity index (χ1v) is 8.66. The van der Waals surface area contributed by atoms with Crippen LogP contribution in [0.5, 0.6) is 0 Å². The minimum absolute atomic E-state index is 0.0135. The molecule has 5 nitrogen and oxygen atoms in total. The summed E-state index contributed by atoms with van der Waals surface area (Å²) in [5, 5.41) is 3.40. The van der Waals surface area contributed by atoms with Gasteiger partial charge in [-0.15, -0.1) is 0 Å². The smallest absolute Gasteiger partial charge is 0.227 e. The van der Waals surface area contributed by atoms with Crippen molar-refractivity contribution in [2.75, 3.05) is 19.6 Å². The first-order valence-electron chi connectivity index (χ1n) is 8.28. The van der Waals surface area contributed by atoms with Gasteiger partial charge < -0.3 is 10.2 Å². The Hall–Kier alpha value is -1.62. The van der Waals surface area contributed by atoms with Crippen LogP contribution in [0.4, 0.5) is 0 Å². The van der Waals surface area contributed by atoms with E-state index in [9.17, 15) is 9.59 Å². The van der Waals surface area contributed by atoms with Gasteiger partial charge in [0.25, 0.3) is 0 Å². The second-order valence-electron chi connectivity index (χ2n) is 6.50. The van der Waals surface area contributed by atoms with E-state index < -0.39 is 0 Å². The second-order valence-corrected chi connectivity index (χ2v) is 6.86. The van der Waals surface area contributed by atoms with Gasteiger partial charge in [-0.05, 0) is 43.2 Å². The third-order valence-electron chi connectivity index (χ3n) is 4.58. The number of nitrogens with zero attached hydrogens (tertiary/aromatic N) is 2. The zero-order chi connectivity index (χ0) is 16.2. The van der Waals surface area contributed by atoms with E-state index in [2.05, 4.69) is 10.3 Å². The average Bonchev–Trinajstić information content (AvgIpc) is 3.39. The summed E-state index contributed by atoms with van der Waals surface area (Å²) in [6.45, 7) is 2.00. The van der Waals surface area contributed by atoms with Crippen molar-refractivity contribution in [2.24, 2.45) is 11.8 Å². The number of rotatable bonds is 5. The lowest BCUT2D eigenvalue weighted by Gasteiger charge is -2.32. The molecule has 1 aromatic rings. The molecular weight excluding hydrogens is 314 g/mol. The van der Waals surface area contributed by atoms with Crippen LogP contribution in [0, 0.1) is 11.8 Å². The number of aromatic nitrogens is 1. The van der Waals surface area contributed by atoms with Crippen molar-refractivity contribution in [3.63, 3.8) is 0 Å². The summed E-state index contributed by atoms with van der Waals surface area (Å²) in [4.78, 5) is 30.5. The molecule has 6 heteroatoms. The lowest BCUT2D eigenvalue weighted by Crippen LogP contribution is -2.46. The first-order chi connectivity index (χ1) is 11.1. The summed E-state index contributed by atoms with van der Waals surface area (Å²) in [6, 6.07) is 3.59. The minimum Gasteiger partial charge on any atom is -0.356 e. The van der Waals surface area contributed by atoms with Gasteiger partial charge in [0.05, 0.1) is 12.3 Å². The van der Waals surface area contributed by atoms with Crippen LogP contribution in [0.1, 0.15) is 31.2 Å². The molecule has 1 atom stereocenters.